The van der Waals surface area contributed by atoms with E-state index in [-0.39, 0.29) is 40.3 Å². The third kappa shape index (κ3) is 3.69. The number of carbonyl (C=O) groups excluding carboxylic acids is 2. The van der Waals surface area contributed by atoms with E-state index in [0.29, 0.717) is 12.8 Å². The van der Waals surface area contributed by atoms with Crippen molar-refractivity contribution in [2.75, 3.05) is 0 Å². The molecule has 5 heteroatoms. The molecule has 0 saturated heterocycles. The van der Waals surface area contributed by atoms with Crippen LogP contribution in [0.4, 0.5) is 4.39 Å². The number of aliphatic hydroxyl groups excluding tert-OH is 2. The number of allylic oxidation sites excluding steroid dienone is 3. The van der Waals surface area contributed by atoms with Gasteiger partial charge in [-0.25, -0.2) is 4.39 Å². The number of hydrogen-bond donors (Lipinski definition) is 2. The van der Waals surface area contributed by atoms with Crippen LogP contribution >= 0.6 is 0 Å². The van der Waals surface area contributed by atoms with Crippen LogP contribution in [0.5, 0.6) is 0 Å². The van der Waals surface area contributed by atoms with E-state index in [4.69, 9.17) is 0 Å². The van der Waals surface area contributed by atoms with E-state index >= 15 is 0 Å². The van der Waals surface area contributed by atoms with Crippen LogP contribution in [0.25, 0.3) is 0 Å². The van der Waals surface area contributed by atoms with Crippen LogP contribution in [0.2, 0.25) is 0 Å². The average Bonchev–Trinajstić information content (AvgIpc) is 3.54. The molecule has 4 nitrogen and oxygen atoms in total. The van der Waals surface area contributed by atoms with E-state index < -0.39 is 17.0 Å². The minimum absolute atomic E-state index is 0.00314. The number of benzene rings is 2. The highest BCUT2D eigenvalue weighted by Crippen LogP contribution is 2.51. The van der Waals surface area contributed by atoms with Gasteiger partial charge in [0, 0.05) is 11.5 Å². The van der Waals surface area contributed by atoms with Crippen molar-refractivity contribution in [3.63, 3.8) is 0 Å². The Morgan fingerprint density at radius 2 is 1.58 bits per heavy atom. The van der Waals surface area contributed by atoms with Gasteiger partial charge in [-0.2, -0.15) is 0 Å². The first kappa shape index (κ1) is 21.0. The average molecular weight is 420 g/mol. The summed E-state index contributed by atoms with van der Waals surface area (Å²) in [5, 5.41) is 20.6. The lowest BCUT2D eigenvalue weighted by atomic mass is 9.74. The molecular weight excluding hydrogens is 395 g/mol. The molecule has 160 valence electrons. The molecule has 2 aromatic carbocycles. The maximum atomic E-state index is 13.1. The van der Waals surface area contributed by atoms with Crippen LogP contribution in [0.15, 0.2) is 71.2 Å². The maximum absolute atomic E-state index is 13.1. The van der Waals surface area contributed by atoms with Crippen molar-refractivity contribution in [1.29, 1.82) is 0 Å². The molecule has 2 N–H and O–H groups in total. The minimum atomic E-state index is -1.23. The van der Waals surface area contributed by atoms with Crippen LogP contribution in [0.1, 0.15) is 49.8 Å². The molecule has 2 aliphatic carbocycles. The number of hydrogen-bond acceptors (Lipinski definition) is 4. The maximum Gasteiger partial charge on any atom is 0.183 e. The van der Waals surface area contributed by atoms with Crippen LogP contribution in [0, 0.1) is 17.2 Å². The molecule has 0 spiro atoms. The van der Waals surface area contributed by atoms with Crippen molar-refractivity contribution in [2.45, 2.75) is 39.5 Å². The van der Waals surface area contributed by atoms with Gasteiger partial charge >= 0.3 is 0 Å². The van der Waals surface area contributed by atoms with Gasteiger partial charge in [-0.1, -0.05) is 36.4 Å². The van der Waals surface area contributed by atoms with E-state index in [1.807, 2.05) is 24.3 Å². The molecular formula is C26H25FO4. The fourth-order valence-electron chi connectivity index (χ4n) is 4.28. The normalized spacial score (nSPS) is 22.6. The van der Waals surface area contributed by atoms with Crippen molar-refractivity contribution >= 4 is 11.6 Å². The lowest BCUT2D eigenvalue weighted by molar-refractivity contribution is -0.127. The third-order valence-corrected chi connectivity index (χ3v) is 6.44. The fraction of sp³-hybridized carbons (Fsp3) is 0.308. The summed E-state index contributed by atoms with van der Waals surface area (Å²) in [5.41, 5.74) is 1.86. The summed E-state index contributed by atoms with van der Waals surface area (Å²) in [6.07, 6.45) is 1.31. The first-order valence-corrected chi connectivity index (χ1v) is 10.4. The number of rotatable bonds is 5. The number of Topliss-reactive ketones (excluding diaryl/α,β-unsaturated/α-hetero) is 2. The van der Waals surface area contributed by atoms with Crippen LogP contribution in [0.3, 0.4) is 0 Å². The molecule has 31 heavy (non-hydrogen) atoms. The first-order valence-electron chi connectivity index (χ1n) is 10.4. The Labute approximate surface area is 180 Å². The summed E-state index contributed by atoms with van der Waals surface area (Å²) < 4.78 is 13.1. The summed E-state index contributed by atoms with van der Waals surface area (Å²) >= 11 is 0. The quantitative estimate of drug-likeness (QED) is 0.640. The van der Waals surface area contributed by atoms with Crippen LogP contribution in [-0.2, 0) is 16.0 Å². The van der Waals surface area contributed by atoms with Gasteiger partial charge in [0.2, 0.25) is 0 Å². The van der Waals surface area contributed by atoms with Crippen molar-refractivity contribution in [3.05, 3.63) is 93.7 Å². The summed E-state index contributed by atoms with van der Waals surface area (Å²) in [6.45, 7) is 4.62. The molecule has 2 aromatic rings. The summed E-state index contributed by atoms with van der Waals surface area (Å²) in [6, 6.07) is 14.4. The molecule has 0 aliphatic heterocycles. The third-order valence-electron chi connectivity index (χ3n) is 6.44. The zero-order valence-electron chi connectivity index (χ0n) is 17.8. The Bertz CT molecular complexity index is 1120. The van der Waals surface area contributed by atoms with Gasteiger partial charge in [-0.05, 0) is 68.4 Å². The van der Waals surface area contributed by atoms with Gasteiger partial charge < -0.3 is 10.2 Å². The van der Waals surface area contributed by atoms with E-state index in [0.717, 1.165) is 16.7 Å². The van der Waals surface area contributed by atoms with E-state index in [1.165, 1.54) is 19.1 Å². The number of carbonyl (C=O) groups is 2. The van der Waals surface area contributed by atoms with Crippen molar-refractivity contribution < 1.29 is 24.2 Å². The van der Waals surface area contributed by atoms with E-state index in [2.05, 4.69) is 0 Å². The Morgan fingerprint density at radius 3 is 2.16 bits per heavy atom. The summed E-state index contributed by atoms with van der Waals surface area (Å²) in [7, 11) is 0. The highest BCUT2D eigenvalue weighted by Gasteiger charge is 2.51. The predicted molar refractivity (Wildman–Crippen MR) is 115 cm³/mol. The van der Waals surface area contributed by atoms with Gasteiger partial charge in [0.15, 0.2) is 11.6 Å². The van der Waals surface area contributed by atoms with Gasteiger partial charge in [0.25, 0.3) is 0 Å². The number of halogens is 1. The molecule has 1 saturated carbocycles. The second kappa shape index (κ2) is 7.49. The SMILES string of the molecule is CC1=C(O)C(C)(C)C(=O)C(C(=O)C2CC2c2ccc(Cc3ccc(F)cc3)cc2)=C1O. The molecule has 0 radical (unpaired) electrons. The summed E-state index contributed by atoms with van der Waals surface area (Å²) in [5.74, 6) is -2.12. The minimum Gasteiger partial charge on any atom is -0.511 e. The largest absolute Gasteiger partial charge is 0.511 e. The predicted octanol–water partition coefficient (Wildman–Crippen LogP) is 5.34. The van der Waals surface area contributed by atoms with Gasteiger partial charge in [-0.15, -0.1) is 0 Å². The molecule has 0 bridgehead atoms. The second-order valence-corrected chi connectivity index (χ2v) is 9.01. The lowest BCUT2D eigenvalue weighted by Gasteiger charge is -2.29. The van der Waals surface area contributed by atoms with Crippen molar-refractivity contribution in [3.8, 4) is 0 Å². The molecule has 0 heterocycles. The first-order chi connectivity index (χ1) is 14.6. The van der Waals surface area contributed by atoms with Gasteiger partial charge in [0.05, 0.1) is 5.41 Å². The molecule has 0 aromatic heterocycles. The van der Waals surface area contributed by atoms with Crippen LogP contribution < -0.4 is 0 Å². The van der Waals surface area contributed by atoms with Crippen molar-refractivity contribution in [2.24, 2.45) is 11.3 Å². The van der Waals surface area contributed by atoms with Gasteiger partial charge in [-0.3, -0.25) is 9.59 Å². The zero-order valence-corrected chi connectivity index (χ0v) is 17.8. The smallest absolute Gasteiger partial charge is 0.183 e. The topological polar surface area (TPSA) is 74.6 Å². The molecule has 1 fully saturated rings. The van der Waals surface area contributed by atoms with Gasteiger partial charge in [0.1, 0.15) is 22.9 Å². The molecule has 2 unspecified atom stereocenters. The molecule has 2 atom stereocenters. The van der Waals surface area contributed by atoms with E-state index in [9.17, 15) is 24.2 Å². The fourth-order valence-corrected chi connectivity index (χ4v) is 4.28. The second-order valence-electron chi connectivity index (χ2n) is 9.01. The number of ketones is 2. The standard InChI is InChI=1S/C26H25FO4/c1-14-22(28)21(25(31)26(2,3)24(14)30)23(29)20-13-19(20)17-8-4-15(5-9-17)12-16-6-10-18(27)11-7-16/h4-11,19-20,28,30H,12-13H2,1-3H3. The molecule has 2 aliphatic rings. The van der Waals surface area contributed by atoms with Crippen molar-refractivity contribution in [1.82, 2.24) is 0 Å². The highest BCUT2D eigenvalue weighted by atomic mass is 19.1. The van der Waals surface area contributed by atoms with Crippen LogP contribution in [-0.4, -0.2) is 21.8 Å². The molecule has 4 rings (SSSR count). The summed E-state index contributed by atoms with van der Waals surface area (Å²) in [4.78, 5) is 25.9. The Morgan fingerprint density at radius 1 is 1.03 bits per heavy atom. The Balaban J connectivity index is 1.49. The molecule has 0 amide bonds. The number of aliphatic hydroxyl groups is 2. The Hall–Kier alpha value is -3.21. The Kier molecular flexibility index (Phi) is 5.08. The zero-order chi connectivity index (χ0) is 22.5. The highest BCUT2D eigenvalue weighted by molar-refractivity contribution is 6.25. The van der Waals surface area contributed by atoms with E-state index in [1.54, 1.807) is 26.0 Å². The lowest BCUT2D eigenvalue weighted by Crippen LogP contribution is -2.36. The monoisotopic (exact) mass is 420 g/mol.